The fourth-order valence-electron chi connectivity index (χ4n) is 3.73. The predicted octanol–water partition coefficient (Wildman–Crippen LogP) is 2.78. The van der Waals surface area contributed by atoms with Crippen LogP contribution in [0.2, 0.25) is 0 Å². The first-order valence-electron chi connectivity index (χ1n) is 10.5. The summed E-state index contributed by atoms with van der Waals surface area (Å²) in [6.07, 6.45) is 3.28. The molecule has 10 nitrogen and oxygen atoms in total. The van der Waals surface area contributed by atoms with Crippen LogP contribution < -0.4 is 20.5 Å². The number of aromatic nitrogens is 5. The summed E-state index contributed by atoms with van der Waals surface area (Å²) in [5, 5.41) is 11.8. The van der Waals surface area contributed by atoms with Crippen LogP contribution >= 0.6 is 0 Å². The molecule has 1 N–H and O–H groups in total. The summed E-state index contributed by atoms with van der Waals surface area (Å²) in [6.45, 7) is 1.76. The van der Waals surface area contributed by atoms with Crippen LogP contribution in [0.25, 0.3) is 22.4 Å². The van der Waals surface area contributed by atoms with Crippen molar-refractivity contribution in [3.8, 4) is 22.8 Å². The SMILES string of the molecule is COc1ccc(NC(=O)Cn2nc3c4cc(-c5ccc(C)cc5)nn4ccn3c2=O)c(OC)c1. The van der Waals surface area contributed by atoms with E-state index in [1.54, 1.807) is 42.2 Å². The highest BCUT2D eigenvalue weighted by molar-refractivity contribution is 5.92. The summed E-state index contributed by atoms with van der Waals surface area (Å²) in [5.74, 6) is 0.625. The van der Waals surface area contributed by atoms with Crippen LogP contribution in [0, 0.1) is 6.92 Å². The summed E-state index contributed by atoms with van der Waals surface area (Å²) in [7, 11) is 3.04. The number of methoxy groups -OCH3 is 2. The Hall–Kier alpha value is -4.60. The Morgan fingerprint density at radius 1 is 1.00 bits per heavy atom. The first-order valence-corrected chi connectivity index (χ1v) is 10.5. The molecule has 3 aromatic heterocycles. The molecule has 172 valence electrons. The van der Waals surface area contributed by atoms with E-state index >= 15 is 0 Å². The van der Waals surface area contributed by atoms with Gasteiger partial charge in [-0.15, -0.1) is 5.10 Å². The lowest BCUT2D eigenvalue weighted by Crippen LogP contribution is -2.28. The number of hydrogen-bond acceptors (Lipinski definition) is 6. The van der Waals surface area contributed by atoms with E-state index in [0.717, 1.165) is 21.5 Å². The fourth-order valence-corrected chi connectivity index (χ4v) is 3.73. The maximum Gasteiger partial charge on any atom is 0.350 e. The zero-order valence-corrected chi connectivity index (χ0v) is 18.8. The molecule has 0 atom stereocenters. The van der Waals surface area contributed by atoms with Crippen molar-refractivity contribution >= 4 is 22.8 Å². The van der Waals surface area contributed by atoms with E-state index in [0.29, 0.717) is 28.4 Å². The molecule has 5 rings (SSSR count). The minimum atomic E-state index is -0.424. The summed E-state index contributed by atoms with van der Waals surface area (Å²) in [4.78, 5) is 25.6. The maximum absolute atomic E-state index is 12.9. The molecule has 0 radical (unpaired) electrons. The van der Waals surface area contributed by atoms with Crippen molar-refractivity contribution in [3.63, 3.8) is 0 Å². The number of hydrogen-bond donors (Lipinski definition) is 1. The summed E-state index contributed by atoms with van der Waals surface area (Å²) < 4.78 is 14.7. The molecule has 0 aliphatic rings. The number of benzene rings is 2. The molecule has 0 saturated heterocycles. The smallest absolute Gasteiger partial charge is 0.350 e. The van der Waals surface area contributed by atoms with Gasteiger partial charge in [0.25, 0.3) is 0 Å². The zero-order chi connectivity index (χ0) is 23.8. The van der Waals surface area contributed by atoms with Crippen LogP contribution in [-0.4, -0.2) is 43.9 Å². The monoisotopic (exact) mass is 458 g/mol. The number of carbonyl (C=O) groups excluding carboxylic acids is 1. The largest absolute Gasteiger partial charge is 0.497 e. The first-order chi connectivity index (χ1) is 16.5. The second-order valence-electron chi connectivity index (χ2n) is 7.77. The van der Waals surface area contributed by atoms with Gasteiger partial charge in [0.1, 0.15) is 23.6 Å². The second kappa shape index (κ2) is 8.39. The third-order valence-electron chi connectivity index (χ3n) is 5.52. The van der Waals surface area contributed by atoms with Crippen LogP contribution in [0.5, 0.6) is 11.5 Å². The Kier molecular flexibility index (Phi) is 5.25. The summed E-state index contributed by atoms with van der Waals surface area (Å²) in [6, 6.07) is 14.9. The Morgan fingerprint density at radius 3 is 2.53 bits per heavy atom. The molecule has 0 fully saturated rings. The third-order valence-corrected chi connectivity index (χ3v) is 5.52. The molecule has 34 heavy (non-hydrogen) atoms. The maximum atomic E-state index is 12.9. The van der Waals surface area contributed by atoms with Gasteiger partial charge in [-0.2, -0.15) is 5.10 Å². The van der Waals surface area contributed by atoms with Gasteiger partial charge in [-0.25, -0.2) is 18.4 Å². The number of anilines is 1. The Morgan fingerprint density at radius 2 is 1.79 bits per heavy atom. The third kappa shape index (κ3) is 3.75. The van der Waals surface area contributed by atoms with Crippen LogP contribution in [-0.2, 0) is 11.3 Å². The van der Waals surface area contributed by atoms with E-state index in [9.17, 15) is 9.59 Å². The van der Waals surface area contributed by atoms with Gasteiger partial charge in [-0.1, -0.05) is 29.8 Å². The lowest BCUT2D eigenvalue weighted by Gasteiger charge is -2.11. The molecule has 1 amide bonds. The standard InChI is InChI=1S/C24H22N6O4/c1-15-4-6-16(7-5-15)19-13-20-23-27-30(24(32)28(23)10-11-29(20)26-19)14-22(31)25-18-9-8-17(33-2)12-21(18)34-3/h4-13H,14H2,1-3H3,(H,25,31). The Bertz CT molecular complexity index is 1580. The molecule has 0 spiro atoms. The highest BCUT2D eigenvalue weighted by Gasteiger charge is 2.16. The van der Waals surface area contributed by atoms with Crippen LogP contribution in [0.1, 0.15) is 5.56 Å². The average Bonchev–Trinajstić information content (AvgIpc) is 3.41. The topological polar surface area (TPSA) is 104 Å². The van der Waals surface area contributed by atoms with Crippen molar-refractivity contribution in [3.05, 3.63) is 77.0 Å². The first kappa shape index (κ1) is 21.3. The van der Waals surface area contributed by atoms with Gasteiger partial charge in [-0.3, -0.25) is 4.79 Å². The number of amides is 1. The predicted molar refractivity (Wildman–Crippen MR) is 127 cm³/mol. The number of nitrogens with zero attached hydrogens (tertiary/aromatic N) is 5. The number of ether oxygens (including phenoxy) is 2. The van der Waals surface area contributed by atoms with Crippen molar-refractivity contribution in [1.82, 2.24) is 23.8 Å². The van der Waals surface area contributed by atoms with E-state index in [-0.39, 0.29) is 6.54 Å². The quantitative estimate of drug-likeness (QED) is 0.420. The van der Waals surface area contributed by atoms with E-state index in [4.69, 9.17) is 9.47 Å². The minimum Gasteiger partial charge on any atom is -0.497 e. The summed E-state index contributed by atoms with van der Waals surface area (Å²) in [5.41, 5.74) is 3.99. The fraction of sp³-hybridized carbons (Fsp3) is 0.167. The molecule has 0 aliphatic carbocycles. The average molecular weight is 458 g/mol. The van der Waals surface area contributed by atoms with Gasteiger partial charge < -0.3 is 14.8 Å². The number of nitrogens with one attached hydrogen (secondary N) is 1. The second-order valence-corrected chi connectivity index (χ2v) is 7.77. The zero-order valence-electron chi connectivity index (χ0n) is 18.8. The van der Waals surface area contributed by atoms with Gasteiger partial charge in [0.15, 0.2) is 5.65 Å². The van der Waals surface area contributed by atoms with Gasteiger partial charge in [0.05, 0.1) is 25.6 Å². The molecule has 2 aromatic carbocycles. The molecule has 0 aliphatic heterocycles. The van der Waals surface area contributed by atoms with Crippen LogP contribution in [0.3, 0.4) is 0 Å². The Balaban J connectivity index is 1.45. The molecular weight excluding hydrogens is 436 g/mol. The van der Waals surface area contributed by atoms with Crippen molar-refractivity contribution in [2.24, 2.45) is 0 Å². The van der Waals surface area contributed by atoms with Gasteiger partial charge in [0.2, 0.25) is 5.91 Å². The van der Waals surface area contributed by atoms with Crippen molar-refractivity contribution < 1.29 is 14.3 Å². The lowest BCUT2D eigenvalue weighted by molar-refractivity contribution is -0.117. The molecule has 0 unspecified atom stereocenters. The van der Waals surface area contributed by atoms with Gasteiger partial charge in [0, 0.05) is 24.0 Å². The number of carbonyl (C=O) groups is 1. The van der Waals surface area contributed by atoms with E-state index in [2.05, 4.69) is 15.5 Å². The molecular formula is C24H22N6O4. The normalized spacial score (nSPS) is 11.1. The minimum absolute atomic E-state index is 0.263. The lowest BCUT2D eigenvalue weighted by atomic mass is 10.1. The van der Waals surface area contributed by atoms with Crippen LogP contribution in [0.15, 0.2) is 65.7 Å². The summed E-state index contributed by atoms with van der Waals surface area (Å²) >= 11 is 0. The van der Waals surface area contributed by atoms with Crippen molar-refractivity contribution in [2.45, 2.75) is 13.5 Å². The van der Waals surface area contributed by atoms with E-state index < -0.39 is 11.6 Å². The number of fused-ring (bicyclic) bond motifs is 3. The van der Waals surface area contributed by atoms with Crippen molar-refractivity contribution in [1.29, 1.82) is 0 Å². The number of aryl methyl sites for hydroxylation is 1. The molecule has 5 aromatic rings. The van der Waals surface area contributed by atoms with Gasteiger partial charge in [-0.05, 0) is 25.1 Å². The van der Waals surface area contributed by atoms with Crippen molar-refractivity contribution in [2.75, 3.05) is 19.5 Å². The van der Waals surface area contributed by atoms with Crippen LogP contribution in [0.4, 0.5) is 5.69 Å². The molecule has 0 saturated carbocycles. The van der Waals surface area contributed by atoms with E-state index in [1.807, 2.05) is 37.3 Å². The Labute approximate surface area is 194 Å². The highest BCUT2D eigenvalue weighted by Crippen LogP contribution is 2.29. The van der Waals surface area contributed by atoms with E-state index in [1.165, 1.54) is 11.5 Å². The highest BCUT2D eigenvalue weighted by atomic mass is 16.5. The molecule has 3 heterocycles. The molecule has 0 bridgehead atoms. The van der Waals surface area contributed by atoms with Gasteiger partial charge >= 0.3 is 5.69 Å². The number of rotatable bonds is 6. The molecule has 10 heteroatoms.